The first-order chi connectivity index (χ1) is 19.0. The molecule has 0 aliphatic heterocycles. The van der Waals surface area contributed by atoms with Gasteiger partial charge in [-0.3, -0.25) is 4.79 Å². The Balaban J connectivity index is 0.00000484. The fourth-order valence-corrected chi connectivity index (χ4v) is 17.3. The maximum atomic E-state index is 13.4. The minimum Gasteiger partial charge on any atom is -0.463 e. The van der Waals surface area contributed by atoms with Gasteiger partial charge in [0, 0.05) is 40.8 Å². The van der Waals surface area contributed by atoms with E-state index in [1.54, 1.807) is 0 Å². The van der Waals surface area contributed by atoms with Crippen molar-refractivity contribution in [2.24, 2.45) is 35.5 Å². The topological polar surface area (TPSA) is 104 Å². The zero-order chi connectivity index (χ0) is 30.6. The molecule has 4 aliphatic rings. The van der Waals surface area contributed by atoms with Crippen molar-refractivity contribution in [1.29, 1.82) is 0 Å². The summed E-state index contributed by atoms with van der Waals surface area (Å²) in [5.41, 5.74) is -5.05. The first kappa shape index (κ1) is 35.8. The average molecular weight is 650 g/mol. The molecule has 9 unspecified atom stereocenters. The Morgan fingerprint density at radius 3 is 1.79 bits per heavy atom. The second-order valence-corrected chi connectivity index (χ2v) is 19.1. The number of aliphatic hydroxyl groups excluding tert-OH is 1. The fraction of sp³-hybridized carbons (Fsp3) is 0.960. The van der Waals surface area contributed by atoms with Crippen molar-refractivity contribution in [2.75, 3.05) is 34.5 Å². The number of esters is 1. The summed E-state index contributed by atoms with van der Waals surface area (Å²) in [6, 6.07) is 0. The Hall–Kier alpha value is -0.691. The molecule has 0 amide bonds. The molecule has 3 radical (unpaired) electrons. The predicted molar refractivity (Wildman–Crippen MR) is 141 cm³/mol. The zero-order valence-corrected chi connectivity index (χ0v) is 26.2. The van der Waals surface area contributed by atoms with Gasteiger partial charge in [0.2, 0.25) is 0 Å². The molecular weight excluding hydrogens is 609 g/mol. The van der Waals surface area contributed by atoms with Crippen molar-refractivity contribution in [3.63, 3.8) is 0 Å². The fourth-order valence-electron chi connectivity index (χ4n) is 8.41. The molecule has 4 saturated carbocycles. The van der Waals surface area contributed by atoms with Crippen LogP contribution in [-0.2, 0) is 26.9 Å². The molecule has 17 heteroatoms. The van der Waals surface area contributed by atoms with Gasteiger partial charge >= 0.3 is 35.7 Å². The molecule has 9 atom stereocenters. The maximum Gasteiger partial charge on any atom is 0.495 e. The third-order valence-corrected chi connectivity index (χ3v) is 18.8. The number of carbonyl (C=O) groups is 1. The molecule has 2 N–H and O–H groups in total. The summed E-state index contributed by atoms with van der Waals surface area (Å²) < 4.78 is 110. The molecule has 4 rings (SSSR count). The van der Waals surface area contributed by atoms with Crippen LogP contribution in [0.5, 0.6) is 0 Å². The zero-order valence-electron chi connectivity index (χ0n) is 24.2. The summed E-state index contributed by atoms with van der Waals surface area (Å²) in [6.07, 6.45) is -10.2. The van der Waals surface area contributed by atoms with Gasteiger partial charge in [0.15, 0.2) is 0 Å². The predicted octanol–water partition coefficient (Wildman–Crippen LogP) is 4.19. The lowest BCUT2D eigenvalue weighted by Gasteiger charge is -2.46. The van der Waals surface area contributed by atoms with Crippen LogP contribution in [0.2, 0.25) is 17.6 Å². The molecule has 0 aromatic carbocycles. The first-order valence-corrected chi connectivity index (χ1v) is 18.2. The average Bonchev–Trinajstić information content (AvgIpc) is 3.70. The van der Waals surface area contributed by atoms with E-state index in [0.717, 1.165) is 6.42 Å². The number of hydrogen-bond acceptors (Lipinski definition) is 8. The Morgan fingerprint density at radius 2 is 1.36 bits per heavy atom. The minimum absolute atomic E-state index is 0. The van der Waals surface area contributed by atoms with E-state index in [2.05, 4.69) is 0 Å². The third kappa shape index (κ3) is 6.09. The summed E-state index contributed by atoms with van der Waals surface area (Å²) in [7, 11) is -2.04. The highest BCUT2D eigenvalue weighted by Gasteiger charge is 2.72. The second kappa shape index (κ2) is 12.6. The molecule has 42 heavy (non-hydrogen) atoms. The molecule has 4 bridgehead atoms. The van der Waals surface area contributed by atoms with Gasteiger partial charge in [0.25, 0.3) is 5.60 Å². The number of carbonyl (C=O) groups excluding carboxylic acids is 1. The van der Waals surface area contributed by atoms with Gasteiger partial charge in [-0.25, -0.2) is 0 Å². The van der Waals surface area contributed by atoms with Crippen LogP contribution in [0.4, 0.5) is 26.3 Å². The Labute approximate surface area is 245 Å². The lowest BCUT2D eigenvalue weighted by atomic mass is 9.79. The van der Waals surface area contributed by atoms with Crippen molar-refractivity contribution in [3.05, 3.63) is 0 Å². The number of fused-ring (bicyclic) bond motifs is 4. The quantitative estimate of drug-likeness (QED) is 0.185. The normalized spacial score (nSPS) is 34.4. The van der Waals surface area contributed by atoms with Crippen LogP contribution in [0.15, 0.2) is 0 Å². The lowest BCUT2D eigenvalue weighted by Crippen LogP contribution is -2.61. The molecule has 0 aromatic rings. The highest BCUT2D eigenvalue weighted by Crippen LogP contribution is 2.63. The Kier molecular flexibility index (Phi) is 10.7. The number of alkyl halides is 6. The molecule has 4 fully saturated rings. The van der Waals surface area contributed by atoms with Gasteiger partial charge in [-0.15, -0.1) is 0 Å². The van der Waals surface area contributed by atoms with Gasteiger partial charge < -0.3 is 32.3 Å². The molecule has 0 saturated heterocycles. The second-order valence-electron chi connectivity index (χ2n) is 12.3. The number of rotatable bonds is 12. The van der Waals surface area contributed by atoms with Crippen molar-refractivity contribution < 1.29 is 63.5 Å². The van der Waals surface area contributed by atoms with E-state index in [0.29, 0.717) is 25.7 Å². The van der Waals surface area contributed by atoms with E-state index >= 15 is 0 Å². The molecular formula is C25H40BF6O8Si2. The van der Waals surface area contributed by atoms with Crippen molar-refractivity contribution in [2.45, 2.75) is 80.5 Å². The summed E-state index contributed by atoms with van der Waals surface area (Å²) in [6.45, 7) is 1.54. The third-order valence-electron chi connectivity index (χ3n) is 10.4. The molecule has 241 valence electrons. The summed E-state index contributed by atoms with van der Waals surface area (Å²) in [5.74, 6) is -2.04. The van der Waals surface area contributed by atoms with E-state index in [-0.39, 0.29) is 68.8 Å². The highest BCUT2D eigenvalue weighted by atomic mass is 28.5. The van der Waals surface area contributed by atoms with Crippen LogP contribution < -0.4 is 0 Å². The smallest absolute Gasteiger partial charge is 0.463 e. The number of halogens is 6. The van der Waals surface area contributed by atoms with Gasteiger partial charge in [-0.1, -0.05) is 0 Å². The van der Waals surface area contributed by atoms with Crippen LogP contribution in [0, 0.1) is 35.5 Å². The van der Waals surface area contributed by atoms with Gasteiger partial charge in [-0.05, 0) is 81.1 Å². The van der Waals surface area contributed by atoms with Crippen LogP contribution >= 0.6 is 0 Å². The van der Waals surface area contributed by atoms with Crippen LogP contribution in [0.1, 0.15) is 44.9 Å². The van der Waals surface area contributed by atoms with Crippen molar-refractivity contribution in [1.82, 2.24) is 0 Å². The molecule has 4 aliphatic carbocycles. The summed E-state index contributed by atoms with van der Waals surface area (Å²) in [5, 5.41) is 18.7. The first-order valence-electron chi connectivity index (χ1n) is 14.0. The van der Waals surface area contributed by atoms with E-state index in [1.165, 1.54) is 21.3 Å². The van der Waals surface area contributed by atoms with E-state index in [4.69, 9.17) is 27.2 Å². The van der Waals surface area contributed by atoms with Gasteiger partial charge in [0.1, 0.15) is 6.61 Å². The lowest BCUT2D eigenvalue weighted by molar-refractivity contribution is -0.373. The summed E-state index contributed by atoms with van der Waals surface area (Å²) >= 11 is 0. The van der Waals surface area contributed by atoms with E-state index < -0.39 is 53.6 Å². The van der Waals surface area contributed by atoms with Gasteiger partial charge in [-0.2, -0.15) is 26.3 Å². The van der Waals surface area contributed by atoms with Crippen LogP contribution in [-0.4, -0.2) is 94.5 Å². The van der Waals surface area contributed by atoms with Crippen LogP contribution in [0.25, 0.3) is 0 Å². The minimum atomic E-state index is -5.83. The van der Waals surface area contributed by atoms with Crippen molar-refractivity contribution >= 4 is 31.7 Å². The number of aliphatic hydroxyl groups is 2. The summed E-state index contributed by atoms with van der Waals surface area (Å²) in [4.78, 5) is 12.5. The molecule has 8 nitrogen and oxygen atoms in total. The van der Waals surface area contributed by atoms with Crippen LogP contribution in [0.3, 0.4) is 0 Å². The number of hydrogen-bond donors (Lipinski definition) is 2. The Bertz CT molecular complexity index is 943. The van der Waals surface area contributed by atoms with Gasteiger partial charge in [0.05, 0.1) is 12.5 Å². The standard InChI is InChI=1S/C25H40F6O8Si2.B/c1-35-40(4,20-11-14-7-16(20)9-18(14)13-23(34,24(26,27)28)25(29,30)31)39-41(36-2,37-3)21-12-15-8-17(21)10-19(15)22(33)38-6-5-32;/h14-21,32,34H,5-13H2,1-4H3;. The highest BCUT2D eigenvalue weighted by molar-refractivity contribution is 6.79. The number of ether oxygens (including phenoxy) is 1. The monoisotopic (exact) mass is 649 g/mol. The largest absolute Gasteiger partial charge is 0.495 e. The SMILES string of the molecule is CO[Si](C)(O[Si](OC)(OC)C1CC2CC1CC2C(=O)OCCO)C1CC2CC1CC2CC(O)(C(F)(F)F)C(F)(F)F.[B]. The Morgan fingerprint density at radius 1 is 0.810 bits per heavy atom. The van der Waals surface area contributed by atoms with E-state index in [1.807, 2.05) is 6.55 Å². The van der Waals surface area contributed by atoms with E-state index in [9.17, 15) is 36.2 Å². The maximum absolute atomic E-state index is 13.4. The van der Waals surface area contributed by atoms with Crippen molar-refractivity contribution in [3.8, 4) is 0 Å². The molecule has 0 aromatic heterocycles. The molecule has 0 spiro atoms. The molecule has 0 heterocycles.